The third-order valence-electron chi connectivity index (χ3n) is 5.78. The molecule has 0 N–H and O–H groups in total. The van der Waals surface area contributed by atoms with Crippen LogP contribution in [0.25, 0.3) is 10.8 Å². The summed E-state index contributed by atoms with van der Waals surface area (Å²) in [5.41, 5.74) is 1.30. The van der Waals surface area contributed by atoms with Gasteiger partial charge in [-0.15, -0.1) is 0 Å². The molecule has 0 atom stereocenters. The van der Waals surface area contributed by atoms with Crippen LogP contribution in [0.2, 0.25) is 5.02 Å². The lowest BCUT2D eigenvalue weighted by Gasteiger charge is -2.36. The molecule has 3 aromatic rings. The van der Waals surface area contributed by atoms with Gasteiger partial charge in [-0.2, -0.15) is 5.10 Å². The summed E-state index contributed by atoms with van der Waals surface area (Å²) in [7, 11) is 0. The summed E-state index contributed by atoms with van der Waals surface area (Å²) in [6, 6.07) is 15.0. The van der Waals surface area contributed by atoms with Gasteiger partial charge in [-0.05, 0) is 30.7 Å². The van der Waals surface area contributed by atoms with Gasteiger partial charge in [0.2, 0.25) is 0 Å². The van der Waals surface area contributed by atoms with E-state index in [9.17, 15) is 9.59 Å². The lowest BCUT2D eigenvalue weighted by molar-refractivity contribution is 0.0740. The number of anilines is 1. The van der Waals surface area contributed by atoms with Gasteiger partial charge in [0, 0.05) is 48.8 Å². The fourth-order valence-electron chi connectivity index (χ4n) is 4.05. The molecule has 1 aliphatic heterocycles. The van der Waals surface area contributed by atoms with Crippen LogP contribution >= 0.6 is 11.6 Å². The molecule has 0 saturated carbocycles. The molecule has 2 heterocycles. The van der Waals surface area contributed by atoms with Crippen molar-refractivity contribution in [1.29, 1.82) is 0 Å². The molecule has 0 bridgehead atoms. The zero-order chi connectivity index (χ0) is 21.8. The number of unbranched alkanes of at least 4 members (excludes halogenated alkanes) is 2. The summed E-state index contributed by atoms with van der Waals surface area (Å²) < 4.78 is 1.47. The molecule has 0 unspecified atom stereocenters. The molecule has 162 valence electrons. The number of carbonyl (C=O) groups excluding carboxylic acids is 1. The number of piperazine rings is 1. The lowest BCUT2D eigenvalue weighted by Crippen LogP contribution is -2.49. The minimum Gasteiger partial charge on any atom is -0.368 e. The number of fused-ring (bicyclic) bond motifs is 1. The zero-order valence-corrected chi connectivity index (χ0v) is 18.5. The maximum absolute atomic E-state index is 13.4. The van der Waals surface area contributed by atoms with E-state index in [0.29, 0.717) is 41.1 Å². The van der Waals surface area contributed by atoms with Crippen LogP contribution in [0.3, 0.4) is 0 Å². The largest absolute Gasteiger partial charge is 0.368 e. The number of nitrogens with zero attached hydrogens (tertiary/aromatic N) is 4. The maximum atomic E-state index is 13.4. The van der Waals surface area contributed by atoms with Crippen molar-refractivity contribution in [3.05, 3.63) is 69.6 Å². The Labute approximate surface area is 187 Å². The minimum atomic E-state index is -0.131. The number of amides is 1. The Balaban J connectivity index is 1.57. The van der Waals surface area contributed by atoms with Crippen LogP contribution in [0.15, 0.2) is 53.3 Å². The first-order valence-corrected chi connectivity index (χ1v) is 11.3. The summed E-state index contributed by atoms with van der Waals surface area (Å²) in [5, 5.41) is 6.40. The van der Waals surface area contributed by atoms with E-state index < -0.39 is 0 Å². The first kappa shape index (κ1) is 21.4. The summed E-state index contributed by atoms with van der Waals surface area (Å²) >= 11 is 6.12. The van der Waals surface area contributed by atoms with Gasteiger partial charge in [0.1, 0.15) is 0 Å². The van der Waals surface area contributed by atoms with Crippen molar-refractivity contribution in [3.63, 3.8) is 0 Å². The summed E-state index contributed by atoms with van der Waals surface area (Å²) in [4.78, 5) is 30.3. The molecule has 6 nitrogen and oxygen atoms in total. The van der Waals surface area contributed by atoms with E-state index in [1.54, 1.807) is 6.07 Å². The second-order valence-electron chi connectivity index (χ2n) is 7.89. The normalized spacial score (nSPS) is 14.3. The minimum absolute atomic E-state index is 0.119. The molecular formula is C24H27ClN4O2. The van der Waals surface area contributed by atoms with Gasteiger partial charge in [-0.3, -0.25) is 9.59 Å². The summed E-state index contributed by atoms with van der Waals surface area (Å²) in [6.45, 7) is 5.28. The van der Waals surface area contributed by atoms with Crippen LogP contribution in [0.4, 0.5) is 5.69 Å². The number of rotatable bonds is 6. The predicted molar refractivity (Wildman–Crippen MR) is 125 cm³/mol. The molecule has 2 aromatic carbocycles. The van der Waals surface area contributed by atoms with Gasteiger partial charge in [-0.25, -0.2) is 4.68 Å². The molecular weight excluding hydrogens is 412 g/mol. The van der Waals surface area contributed by atoms with Crippen molar-refractivity contribution in [3.8, 4) is 0 Å². The third kappa shape index (κ3) is 4.59. The van der Waals surface area contributed by atoms with Crippen molar-refractivity contribution in [1.82, 2.24) is 14.7 Å². The second kappa shape index (κ2) is 9.52. The van der Waals surface area contributed by atoms with Crippen LogP contribution in [0.1, 0.15) is 36.7 Å². The first-order chi connectivity index (χ1) is 15.1. The van der Waals surface area contributed by atoms with Crippen molar-refractivity contribution >= 4 is 34.0 Å². The van der Waals surface area contributed by atoms with E-state index in [0.717, 1.165) is 38.0 Å². The molecule has 1 aromatic heterocycles. The van der Waals surface area contributed by atoms with Crippen LogP contribution in [-0.4, -0.2) is 46.8 Å². The van der Waals surface area contributed by atoms with Crippen molar-refractivity contribution in [2.24, 2.45) is 0 Å². The lowest BCUT2D eigenvalue weighted by atomic mass is 10.1. The summed E-state index contributed by atoms with van der Waals surface area (Å²) in [5.74, 6) is -0.119. The highest BCUT2D eigenvalue weighted by Gasteiger charge is 2.26. The average Bonchev–Trinajstić information content (AvgIpc) is 2.80. The highest BCUT2D eigenvalue weighted by Crippen LogP contribution is 2.22. The van der Waals surface area contributed by atoms with Gasteiger partial charge in [0.05, 0.1) is 5.39 Å². The second-order valence-corrected chi connectivity index (χ2v) is 8.33. The Morgan fingerprint density at radius 3 is 2.45 bits per heavy atom. The molecule has 1 aliphatic rings. The number of benzene rings is 2. The fourth-order valence-corrected chi connectivity index (χ4v) is 4.23. The van der Waals surface area contributed by atoms with E-state index in [-0.39, 0.29) is 11.5 Å². The number of aromatic nitrogens is 2. The Morgan fingerprint density at radius 2 is 1.74 bits per heavy atom. The Hall–Kier alpha value is -2.86. The Bertz CT molecular complexity index is 1140. The highest BCUT2D eigenvalue weighted by molar-refractivity contribution is 6.30. The number of carbonyl (C=O) groups is 1. The number of hydrogen-bond acceptors (Lipinski definition) is 4. The molecule has 1 fully saturated rings. The third-order valence-corrected chi connectivity index (χ3v) is 6.02. The highest BCUT2D eigenvalue weighted by atomic mass is 35.5. The monoisotopic (exact) mass is 438 g/mol. The summed E-state index contributed by atoms with van der Waals surface area (Å²) in [6.07, 6.45) is 2.95. The van der Waals surface area contributed by atoms with Gasteiger partial charge in [0.25, 0.3) is 11.5 Å². The molecule has 1 saturated heterocycles. The van der Waals surface area contributed by atoms with Gasteiger partial charge >= 0.3 is 0 Å². The van der Waals surface area contributed by atoms with E-state index in [2.05, 4.69) is 16.9 Å². The number of aryl methyl sites for hydroxylation is 1. The number of halogens is 1. The topological polar surface area (TPSA) is 58.4 Å². The smallest absolute Gasteiger partial charge is 0.275 e. The van der Waals surface area contributed by atoms with E-state index in [1.165, 1.54) is 4.68 Å². The van der Waals surface area contributed by atoms with Crippen molar-refractivity contribution < 1.29 is 4.79 Å². The Morgan fingerprint density at radius 1 is 1.00 bits per heavy atom. The van der Waals surface area contributed by atoms with E-state index in [1.807, 2.05) is 47.4 Å². The van der Waals surface area contributed by atoms with Crippen LogP contribution in [-0.2, 0) is 6.54 Å². The van der Waals surface area contributed by atoms with Gasteiger partial charge < -0.3 is 9.80 Å². The quantitative estimate of drug-likeness (QED) is 0.541. The fraction of sp³-hybridized carbons (Fsp3) is 0.375. The van der Waals surface area contributed by atoms with E-state index >= 15 is 0 Å². The molecule has 4 rings (SSSR count). The maximum Gasteiger partial charge on any atom is 0.275 e. The van der Waals surface area contributed by atoms with Crippen LogP contribution in [0, 0.1) is 0 Å². The number of hydrogen-bond donors (Lipinski definition) is 0. The molecule has 7 heteroatoms. The standard InChI is InChI=1S/C24H27ClN4O2/c1-2-3-6-12-29-23(30)21-11-5-4-10-20(21)22(26-29)24(31)28-15-13-27(14-16-28)19-9-7-8-18(25)17-19/h4-5,7-11,17H,2-3,6,12-16H2,1H3. The molecule has 31 heavy (non-hydrogen) atoms. The SMILES string of the molecule is CCCCCn1nc(C(=O)N2CCN(c3cccc(Cl)c3)CC2)c2ccccc2c1=O. The van der Waals surface area contributed by atoms with Gasteiger partial charge in [-0.1, -0.05) is 55.6 Å². The first-order valence-electron chi connectivity index (χ1n) is 10.9. The molecule has 0 radical (unpaired) electrons. The molecule has 1 amide bonds. The predicted octanol–water partition coefficient (Wildman–Crippen LogP) is 4.20. The van der Waals surface area contributed by atoms with Crippen molar-refractivity contribution in [2.45, 2.75) is 32.7 Å². The Kier molecular flexibility index (Phi) is 6.56. The van der Waals surface area contributed by atoms with Crippen LogP contribution < -0.4 is 10.5 Å². The zero-order valence-electron chi connectivity index (χ0n) is 17.8. The average molecular weight is 439 g/mol. The van der Waals surface area contributed by atoms with E-state index in [4.69, 9.17) is 11.6 Å². The van der Waals surface area contributed by atoms with Crippen molar-refractivity contribution in [2.75, 3.05) is 31.1 Å². The van der Waals surface area contributed by atoms with Gasteiger partial charge in [0.15, 0.2) is 5.69 Å². The molecule has 0 spiro atoms. The molecule has 0 aliphatic carbocycles. The van der Waals surface area contributed by atoms with Crippen LogP contribution in [0.5, 0.6) is 0 Å².